The molecule has 29 heavy (non-hydrogen) atoms. The first kappa shape index (κ1) is 24.1. The van der Waals surface area contributed by atoms with Crippen molar-refractivity contribution in [1.29, 1.82) is 0 Å². The molecule has 0 aliphatic heterocycles. The quantitative estimate of drug-likeness (QED) is 0.343. The van der Waals surface area contributed by atoms with Gasteiger partial charge in [0.1, 0.15) is 18.6 Å². The van der Waals surface area contributed by atoms with Gasteiger partial charge in [-0.3, -0.25) is 19.2 Å². The maximum absolute atomic E-state index is 12.6. The number of amides is 3. The van der Waals surface area contributed by atoms with E-state index < -0.39 is 48.4 Å². The second kappa shape index (κ2) is 11.8. The first-order valence-corrected chi connectivity index (χ1v) is 9.49. The highest BCUT2D eigenvalue weighted by Crippen LogP contribution is 2.07. The average molecular weight is 406 g/mol. The van der Waals surface area contributed by atoms with E-state index in [2.05, 4.69) is 16.0 Å². The maximum atomic E-state index is 12.6. The van der Waals surface area contributed by atoms with E-state index >= 15 is 0 Å². The van der Waals surface area contributed by atoms with Crippen molar-refractivity contribution in [2.75, 3.05) is 6.54 Å². The van der Waals surface area contributed by atoms with Crippen molar-refractivity contribution in [3.63, 3.8) is 0 Å². The standard InChI is InChI=1S/C20H30N4O5/c1-12(2)9-16(20(29)23-13(3)18(27)22-11-17(25)26)24-19(28)15(21)10-14-7-5-4-6-8-14/h4-8,12-13,15-16H,9-11,21H2,1-3H3,(H,22,27)(H,23,29)(H,24,28)(H,25,26). The van der Waals surface area contributed by atoms with Crippen LogP contribution in [0.5, 0.6) is 0 Å². The summed E-state index contributed by atoms with van der Waals surface area (Å²) in [5, 5.41) is 16.0. The molecule has 3 atom stereocenters. The van der Waals surface area contributed by atoms with Gasteiger partial charge in [0.25, 0.3) is 0 Å². The van der Waals surface area contributed by atoms with Gasteiger partial charge in [-0.25, -0.2) is 0 Å². The molecule has 0 saturated carbocycles. The van der Waals surface area contributed by atoms with Gasteiger partial charge in [0.05, 0.1) is 6.04 Å². The summed E-state index contributed by atoms with van der Waals surface area (Å²) in [7, 11) is 0. The van der Waals surface area contributed by atoms with E-state index in [1.165, 1.54) is 6.92 Å². The molecule has 0 aliphatic rings. The Balaban J connectivity index is 2.69. The molecule has 1 aromatic rings. The van der Waals surface area contributed by atoms with Gasteiger partial charge in [0.15, 0.2) is 0 Å². The molecule has 3 unspecified atom stereocenters. The van der Waals surface area contributed by atoms with E-state index in [9.17, 15) is 19.2 Å². The molecule has 0 saturated heterocycles. The highest BCUT2D eigenvalue weighted by atomic mass is 16.4. The van der Waals surface area contributed by atoms with Gasteiger partial charge in [0, 0.05) is 0 Å². The van der Waals surface area contributed by atoms with Crippen LogP contribution in [0.4, 0.5) is 0 Å². The Morgan fingerprint density at radius 3 is 2.14 bits per heavy atom. The lowest BCUT2D eigenvalue weighted by Gasteiger charge is -2.24. The highest BCUT2D eigenvalue weighted by molar-refractivity contribution is 5.93. The van der Waals surface area contributed by atoms with Crippen LogP contribution in [0, 0.1) is 5.92 Å². The summed E-state index contributed by atoms with van der Waals surface area (Å²) >= 11 is 0. The molecule has 0 aromatic heterocycles. The number of benzene rings is 1. The first-order chi connectivity index (χ1) is 13.6. The van der Waals surface area contributed by atoms with E-state index in [1.807, 2.05) is 44.2 Å². The number of carbonyl (C=O) groups excluding carboxylic acids is 3. The van der Waals surface area contributed by atoms with Gasteiger partial charge in [0.2, 0.25) is 17.7 Å². The number of rotatable bonds is 11. The summed E-state index contributed by atoms with van der Waals surface area (Å²) in [6, 6.07) is 6.66. The lowest BCUT2D eigenvalue weighted by Crippen LogP contribution is -2.55. The van der Waals surface area contributed by atoms with Crippen molar-refractivity contribution in [2.45, 2.75) is 51.7 Å². The molecule has 0 bridgehead atoms. The fraction of sp³-hybridized carbons (Fsp3) is 0.500. The number of carboxylic acids is 1. The van der Waals surface area contributed by atoms with Crippen LogP contribution in [0.15, 0.2) is 30.3 Å². The van der Waals surface area contributed by atoms with E-state index in [0.717, 1.165) is 5.56 Å². The summed E-state index contributed by atoms with van der Waals surface area (Å²) in [6.45, 7) is 4.70. The lowest BCUT2D eigenvalue weighted by atomic mass is 10.0. The Kier molecular flexibility index (Phi) is 9.81. The normalized spacial score (nSPS) is 13.8. The zero-order valence-corrected chi connectivity index (χ0v) is 17.0. The SMILES string of the molecule is CC(C)CC(NC(=O)C(N)Cc1ccccc1)C(=O)NC(C)C(=O)NCC(=O)O. The molecule has 9 nitrogen and oxygen atoms in total. The Morgan fingerprint density at radius 2 is 1.59 bits per heavy atom. The minimum absolute atomic E-state index is 0.104. The van der Waals surface area contributed by atoms with Crippen LogP contribution in [0.3, 0.4) is 0 Å². The second-order valence-electron chi connectivity index (χ2n) is 7.33. The van der Waals surface area contributed by atoms with Crippen LogP contribution < -0.4 is 21.7 Å². The van der Waals surface area contributed by atoms with E-state index in [-0.39, 0.29) is 5.92 Å². The molecule has 0 radical (unpaired) electrons. The van der Waals surface area contributed by atoms with Crippen LogP contribution >= 0.6 is 0 Å². The molecule has 0 aliphatic carbocycles. The summed E-state index contributed by atoms with van der Waals surface area (Å²) in [5.74, 6) is -2.70. The van der Waals surface area contributed by atoms with Crippen LogP contribution in [0.2, 0.25) is 0 Å². The summed E-state index contributed by atoms with van der Waals surface area (Å²) in [5.41, 5.74) is 6.89. The van der Waals surface area contributed by atoms with Crippen LogP contribution in [0.1, 0.15) is 32.8 Å². The molecule has 1 aromatic carbocycles. The third-order valence-corrected chi connectivity index (χ3v) is 4.14. The van der Waals surface area contributed by atoms with Crippen LogP contribution in [-0.4, -0.2) is 53.5 Å². The minimum atomic E-state index is -1.19. The Bertz CT molecular complexity index is 708. The molecule has 1 rings (SSSR count). The van der Waals surface area contributed by atoms with Gasteiger partial charge in [-0.05, 0) is 31.2 Å². The van der Waals surface area contributed by atoms with E-state index in [0.29, 0.717) is 12.8 Å². The summed E-state index contributed by atoms with van der Waals surface area (Å²) in [4.78, 5) is 47.5. The number of aliphatic carboxylic acids is 1. The zero-order chi connectivity index (χ0) is 22.0. The average Bonchev–Trinajstić information content (AvgIpc) is 2.65. The largest absolute Gasteiger partial charge is 0.480 e. The molecular formula is C20H30N4O5. The fourth-order valence-electron chi connectivity index (χ4n) is 2.64. The number of nitrogens with one attached hydrogen (secondary N) is 3. The number of hydrogen-bond donors (Lipinski definition) is 5. The van der Waals surface area contributed by atoms with E-state index in [1.54, 1.807) is 0 Å². The summed E-state index contributed by atoms with van der Waals surface area (Å²) in [6.07, 6.45) is 0.690. The van der Waals surface area contributed by atoms with Gasteiger partial charge in [-0.2, -0.15) is 0 Å². The molecular weight excluding hydrogens is 376 g/mol. The topological polar surface area (TPSA) is 151 Å². The van der Waals surface area contributed by atoms with Gasteiger partial charge < -0.3 is 26.8 Å². The molecule has 160 valence electrons. The van der Waals surface area contributed by atoms with Crippen molar-refractivity contribution >= 4 is 23.7 Å². The predicted molar refractivity (Wildman–Crippen MR) is 108 cm³/mol. The van der Waals surface area contributed by atoms with Crippen LogP contribution in [-0.2, 0) is 25.6 Å². The molecule has 6 N–H and O–H groups in total. The van der Waals surface area contributed by atoms with Gasteiger partial charge in [-0.1, -0.05) is 44.2 Å². The van der Waals surface area contributed by atoms with Crippen molar-refractivity contribution in [1.82, 2.24) is 16.0 Å². The number of hydrogen-bond acceptors (Lipinski definition) is 5. The maximum Gasteiger partial charge on any atom is 0.322 e. The number of carbonyl (C=O) groups is 4. The number of nitrogens with two attached hydrogens (primary N) is 1. The second-order valence-corrected chi connectivity index (χ2v) is 7.33. The van der Waals surface area contributed by atoms with Gasteiger partial charge >= 0.3 is 5.97 Å². The molecule has 0 fully saturated rings. The van der Waals surface area contributed by atoms with Crippen molar-refractivity contribution in [3.05, 3.63) is 35.9 Å². The molecule has 0 spiro atoms. The third-order valence-electron chi connectivity index (χ3n) is 4.14. The Hall–Kier alpha value is -2.94. The predicted octanol–water partition coefficient (Wildman–Crippen LogP) is -0.207. The van der Waals surface area contributed by atoms with Gasteiger partial charge in [-0.15, -0.1) is 0 Å². The monoisotopic (exact) mass is 406 g/mol. The molecule has 3 amide bonds. The highest BCUT2D eigenvalue weighted by Gasteiger charge is 2.27. The van der Waals surface area contributed by atoms with Crippen LogP contribution in [0.25, 0.3) is 0 Å². The Morgan fingerprint density at radius 1 is 0.966 bits per heavy atom. The fourth-order valence-corrected chi connectivity index (χ4v) is 2.64. The zero-order valence-electron chi connectivity index (χ0n) is 17.0. The Labute approximate surface area is 170 Å². The smallest absolute Gasteiger partial charge is 0.322 e. The lowest BCUT2D eigenvalue weighted by molar-refractivity contribution is -0.138. The summed E-state index contributed by atoms with van der Waals surface area (Å²) < 4.78 is 0. The first-order valence-electron chi connectivity index (χ1n) is 9.49. The third kappa shape index (κ3) is 9.20. The van der Waals surface area contributed by atoms with Crippen molar-refractivity contribution < 1.29 is 24.3 Å². The molecule has 0 heterocycles. The van der Waals surface area contributed by atoms with E-state index in [4.69, 9.17) is 10.8 Å². The number of carboxylic acid groups (broad SMARTS) is 1. The van der Waals surface area contributed by atoms with Crippen molar-refractivity contribution in [3.8, 4) is 0 Å². The van der Waals surface area contributed by atoms with Crippen molar-refractivity contribution in [2.24, 2.45) is 11.7 Å². The molecule has 9 heteroatoms. The minimum Gasteiger partial charge on any atom is -0.480 e.